The minimum atomic E-state index is -0.777. The van der Waals surface area contributed by atoms with Gasteiger partial charge in [0.25, 0.3) is 0 Å². The molecule has 0 aliphatic heterocycles. The molecule has 0 aromatic rings. The van der Waals surface area contributed by atoms with Crippen molar-refractivity contribution in [3.63, 3.8) is 0 Å². The summed E-state index contributed by atoms with van der Waals surface area (Å²) in [6.45, 7) is 6.68. The minimum absolute atomic E-state index is 0.0732. The van der Waals surface area contributed by atoms with Crippen LogP contribution in [-0.2, 0) is 28.6 Å². The molecule has 0 amide bonds. The quantitative estimate of drug-likeness (QED) is 0.0261. The van der Waals surface area contributed by atoms with E-state index in [4.69, 9.17) is 14.2 Å². The molecule has 0 radical (unpaired) electrons. The van der Waals surface area contributed by atoms with Gasteiger partial charge in [0.15, 0.2) is 6.10 Å². The van der Waals surface area contributed by atoms with Crippen LogP contribution in [0, 0.1) is 0 Å². The average molecular weight is 1050 g/mol. The van der Waals surface area contributed by atoms with Crippen molar-refractivity contribution in [1.82, 2.24) is 0 Å². The Morgan fingerprint density at radius 3 is 0.667 bits per heavy atom. The summed E-state index contributed by atoms with van der Waals surface area (Å²) in [5.41, 5.74) is 0. The first-order valence-corrected chi connectivity index (χ1v) is 33.5. The molecule has 0 heterocycles. The Hall–Kier alpha value is -2.37. The molecule has 0 aliphatic rings. The highest BCUT2D eigenvalue weighted by atomic mass is 16.6. The van der Waals surface area contributed by atoms with E-state index in [-0.39, 0.29) is 31.1 Å². The fourth-order valence-electron chi connectivity index (χ4n) is 10.0. The van der Waals surface area contributed by atoms with E-state index in [0.717, 1.165) is 64.2 Å². The Labute approximate surface area is 467 Å². The van der Waals surface area contributed by atoms with E-state index in [1.807, 2.05) is 0 Å². The number of hydrogen-bond acceptors (Lipinski definition) is 6. The summed E-state index contributed by atoms with van der Waals surface area (Å²) in [6, 6.07) is 0. The van der Waals surface area contributed by atoms with Gasteiger partial charge in [0.05, 0.1) is 0 Å². The van der Waals surface area contributed by atoms with Crippen molar-refractivity contribution in [3.05, 3.63) is 36.5 Å². The number of carbonyl (C=O) groups excluding carboxylic acids is 3. The third kappa shape index (κ3) is 62.4. The molecule has 0 aromatic carbocycles. The maximum absolute atomic E-state index is 12.9. The smallest absolute Gasteiger partial charge is 0.306 e. The topological polar surface area (TPSA) is 78.9 Å². The molecule has 0 aliphatic carbocycles. The van der Waals surface area contributed by atoms with Crippen LogP contribution in [0.1, 0.15) is 367 Å². The summed E-state index contributed by atoms with van der Waals surface area (Å²) in [7, 11) is 0. The molecule has 75 heavy (non-hydrogen) atoms. The first-order valence-electron chi connectivity index (χ1n) is 33.5. The standard InChI is InChI=1S/C69H128O6/c1-4-7-10-13-16-19-22-25-28-30-32-33-34-35-36-37-38-40-41-44-47-50-53-56-59-62-68(71)74-65-66(64-73-67(70)61-58-55-52-49-46-43-27-24-21-18-15-12-9-6-3)75-69(72)63-60-57-54-51-48-45-42-39-31-29-26-23-20-17-14-11-8-5-2/h24,27,29-32,66H,4-23,25-26,28,33-65H2,1-3H3/b27-24-,31-29-,32-30-. The van der Waals surface area contributed by atoms with E-state index in [1.54, 1.807) is 0 Å². The highest BCUT2D eigenvalue weighted by molar-refractivity contribution is 5.71. The average Bonchev–Trinajstić information content (AvgIpc) is 3.41. The highest BCUT2D eigenvalue weighted by Crippen LogP contribution is 2.17. The minimum Gasteiger partial charge on any atom is -0.462 e. The van der Waals surface area contributed by atoms with Crippen molar-refractivity contribution in [1.29, 1.82) is 0 Å². The first kappa shape index (κ1) is 72.6. The van der Waals surface area contributed by atoms with Crippen molar-refractivity contribution in [2.45, 2.75) is 374 Å². The summed E-state index contributed by atoms with van der Waals surface area (Å²) < 4.78 is 16.9. The summed E-state index contributed by atoms with van der Waals surface area (Å²) in [5.74, 6) is -0.863. The molecule has 0 saturated heterocycles. The molecule has 0 saturated carbocycles. The van der Waals surface area contributed by atoms with Crippen LogP contribution >= 0.6 is 0 Å². The van der Waals surface area contributed by atoms with Gasteiger partial charge in [0, 0.05) is 19.3 Å². The van der Waals surface area contributed by atoms with Crippen molar-refractivity contribution in [2.75, 3.05) is 13.2 Å². The van der Waals surface area contributed by atoms with Gasteiger partial charge < -0.3 is 14.2 Å². The van der Waals surface area contributed by atoms with Crippen molar-refractivity contribution in [3.8, 4) is 0 Å². The van der Waals surface area contributed by atoms with Gasteiger partial charge >= 0.3 is 17.9 Å². The predicted molar refractivity (Wildman–Crippen MR) is 326 cm³/mol. The second kappa shape index (κ2) is 64.2. The molecule has 0 rings (SSSR count). The summed E-state index contributed by atoms with van der Waals surface area (Å²) in [5, 5.41) is 0. The molecule has 0 N–H and O–H groups in total. The summed E-state index contributed by atoms with van der Waals surface area (Å²) in [6.07, 6.45) is 78.7. The van der Waals surface area contributed by atoms with Crippen molar-refractivity contribution >= 4 is 17.9 Å². The van der Waals surface area contributed by atoms with E-state index in [1.165, 1.54) is 263 Å². The van der Waals surface area contributed by atoms with E-state index in [0.29, 0.717) is 19.3 Å². The van der Waals surface area contributed by atoms with Gasteiger partial charge in [-0.05, 0) is 96.3 Å². The number of carbonyl (C=O) groups is 3. The molecular formula is C69H128O6. The zero-order valence-corrected chi connectivity index (χ0v) is 50.6. The molecule has 1 atom stereocenters. The first-order chi connectivity index (χ1) is 37.0. The normalized spacial score (nSPS) is 12.2. The number of esters is 3. The number of hydrogen-bond donors (Lipinski definition) is 0. The van der Waals surface area contributed by atoms with Gasteiger partial charge in [0.1, 0.15) is 13.2 Å². The van der Waals surface area contributed by atoms with Crippen molar-refractivity contribution in [2.24, 2.45) is 0 Å². The molecule has 0 fully saturated rings. The van der Waals surface area contributed by atoms with Crippen LogP contribution in [-0.4, -0.2) is 37.2 Å². The summed E-state index contributed by atoms with van der Waals surface area (Å²) in [4.78, 5) is 38.3. The van der Waals surface area contributed by atoms with Crippen LogP contribution in [0.4, 0.5) is 0 Å². The molecule has 440 valence electrons. The molecule has 6 nitrogen and oxygen atoms in total. The van der Waals surface area contributed by atoms with Gasteiger partial charge in [-0.25, -0.2) is 0 Å². The third-order valence-corrected chi connectivity index (χ3v) is 15.1. The third-order valence-electron chi connectivity index (χ3n) is 15.1. The largest absolute Gasteiger partial charge is 0.462 e. The zero-order chi connectivity index (χ0) is 54.3. The van der Waals surface area contributed by atoms with E-state index >= 15 is 0 Å². The fraction of sp³-hybridized carbons (Fsp3) is 0.870. The Bertz CT molecular complexity index is 1250. The van der Waals surface area contributed by atoms with Gasteiger partial charge in [-0.3, -0.25) is 14.4 Å². The molecule has 0 spiro atoms. The Morgan fingerprint density at radius 2 is 0.440 bits per heavy atom. The lowest BCUT2D eigenvalue weighted by Crippen LogP contribution is -2.30. The van der Waals surface area contributed by atoms with Crippen LogP contribution < -0.4 is 0 Å². The second-order valence-electron chi connectivity index (χ2n) is 22.7. The Morgan fingerprint density at radius 1 is 0.253 bits per heavy atom. The van der Waals surface area contributed by atoms with Gasteiger partial charge in [-0.15, -0.1) is 0 Å². The lowest BCUT2D eigenvalue weighted by Gasteiger charge is -2.18. The Balaban J connectivity index is 4.27. The van der Waals surface area contributed by atoms with Crippen LogP contribution in [0.25, 0.3) is 0 Å². The number of rotatable bonds is 62. The van der Waals surface area contributed by atoms with Gasteiger partial charge in [0.2, 0.25) is 0 Å². The molecule has 0 aromatic heterocycles. The predicted octanol–water partition coefficient (Wildman–Crippen LogP) is 22.8. The zero-order valence-electron chi connectivity index (χ0n) is 50.6. The second-order valence-corrected chi connectivity index (χ2v) is 22.7. The van der Waals surface area contributed by atoms with Crippen LogP contribution in [0.2, 0.25) is 0 Å². The SMILES string of the molecule is CCCCCCC/C=C\CCCCCCCC(=O)OCC(COC(=O)CCCCCCCCCCCCCCC/C=C\CCCCCCCCCC)OC(=O)CCCCCCCCC/C=C\CCCCCCCCC. The molecule has 1 unspecified atom stereocenters. The maximum atomic E-state index is 12.9. The maximum Gasteiger partial charge on any atom is 0.306 e. The van der Waals surface area contributed by atoms with Gasteiger partial charge in [-0.2, -0.15) is 0 Å². The lowest BCUT2D eigenvalue weighted by atomic mass is 10.0. The van der Waals surface area contributed by atoms with Crippen molar-refractivity contribution < 1.29 is 28.6 Å². The fourth-order valence-corrected chi connectivity index (χ4v) is 10.0. The van der Waals surface area contributed by atoms with Crippen LogP contribution in [0.15, 0.2) is 36.5 Å². The van der Waals surface area contributed by atoms with E-state index < -0.39 is 6.10 Å². The van der Waals surface area contributed by atoms with Crippen LogP contribution in [0.5, 0.6) is 0 Å². The number of unbranched alkanes of at least 4 members (excludes halogenated alkanes) is 45. The Kier molecular flexibility index (Phi) is 62.1. The molecule has 6 heteroatoms. The molecule has 0 bridgehead atoms. The number of ether oxygens (including phenoxy) is 3. The lowest BCUT2D eigenvalue weighted by molar-refractivity contribution is -0.167. The summed E-state index contributed by atoms with van der Waals surface area (Å²) >= 11 is 0. The highest BCUT2D eigenvalue weighted by Gasteiger charge is 2.19. The van der Waals surface area contributed by atoms with Crippen LogP contribution in [0.3, 0.4) is 0 Å². The van der Waals surface area contributed by atoms with E-state index in [2.05, 4.69) is 57.2 Å². The van der Waals surface area contributed by atoms with E-state index in [9.17, 15) is 14.4 Å². The molecular weight excluding hydrogens is 925 g/mol. The monoisotopic (exact) mass is 1050 g/mol. The number of allylic oxidation sites excluding steroid dienone is 6. The van der Waals surface area contributed by atoms with Gasteiger partial charge in [-0.1, -0.05) is 288 Å².